The number of nitrogens with zero attached hydrogens (tertiary/aromatic N) is 2. The molecule has 0 aliphatic carbocycles. The van der Waals surface area contributed by atoms with Gasteiger partial charge in [0.2, 0.25) is 0 Å². The lowest BCUT2D eigenvalue weighted by Gasteiger charge is -2.20. The molecule has 2 aromatic rings. The van der Waals surface area contributed by atoms with Crippen LogP contribution in [0.1, 0.15) is 45.2 Å². The lowest BCUT2D eigenvalue weighted by molar-refractivity contribution is 0.502. The van der Waals surface area contributed by atoms with E-state index in [1.54, 1.807) is 6.20 Å². The van der Waals surface area contributed by atoms with Gasteiger partial charge in [0.1, 0.15) is 0 Å². The zero-order chi connectivity index (χ0) is 15.1. The number of H-pyrrole nitrogens is 1. The number of aromatic amines is 1. The van der Waals surface area contributed by atoms with Crippen LogP contribution < -0.4 is 5.32 Å². The molecular formula is C17H24N4. The molecule has 0 atom stereocenters. The summed E-state index contributed by atoms with van der Waals surface area (Å²) in [7, 11) is 0. The summed E-state index contributed by atoms with van der Waals surface area (Å²) < 4.78 is 0. The largest absolute Gasteiger partial charge is 0.381 e. The summed E-state index contributed by atoms with van der Waals surface area (Å²) in [5.41, 5.74) is 3.93. The average Bonchev–Trinajstić information content (AvgIpc) is 2.98. The van der Waals surface area contributed by atoms with Crippen molar-refractivity contribution >= 4 is 5.70 Å². The van der Waals surface area contributed by atoms with Crippen LogP contribution in [0.15, 0.2) is 37.3 Å². The second kappa shape index (κ2) is 7.62. The van der Waals surface area contributed by atoms with Crippen molar-refractivity contribution in [3.05, 3.63) is 43.0 Å². The predicted octanol–water partition coefficient (Wildman–Crippen LogP) is 4.00. The Morgan fingerprint density at radius 3 is 2.67 bits per heavy atom. The zero-order valence-corrected chi connectivity index (χ0v) is 12.9. The molecule has 0 radical (unpaired) electrons. The monoisotopic (exact) mass is 284 g/mol. The van der Waals surface area contributed by atoms with E-state index in [9.17, 15) is 0 Å². The zero-order valence-electron chi connectivity index (χ0n) is 12.9. The molecule has 4 nitrogen and oxygen atoms in total. The second-order valence-electron chi connectivity index (χ2n) is 5.30. The van der Waals surface area contributed by atoms with E-state index in [-0.39, 0.29) is 0 Å². The topological polar surface area (TPSA) is 53.6 Å². The third-order valence-corrected chi connectivity index (χ3v) is 3.57. The summed E-state index contributed by atoms with van der Waals surface area (Å²) in [6.45, 7) is 8.61. The number of aromatic nitrogens is 3. The molecule has 4 heteroatoms. The minimum atomic E-state index is 0.470. The van der Waals surface area contributed by atoms with Gasteiger partial charge in [-0.25, -0.2) is 0 Å². The van der Waals surface area contributed by atoms with Crippen LogP contribution in [0.4, 0.5) is 0 Å². The fourth-order valence-corrected chi connectivity index (χ4v) is 2.56. The third-order valence-electron chi connectivity index (χ3n) is 3.57. The Hall–Kier alpha value is -2.10. The van der Waals surface area contributed by atoms with Crippen LogP contribution in [0, 0.1) is 0 Å². The van der Waals surface area contributed by atoms with Gasteiger partial charge in [-0.05, 0) is 18.9 Å². The summed E-state index contributed by atoms with van der Waals surface area (Å²) in [6.07, 6.45) is 10.1. The normalized spacial score (nSPS) is 10.8. The number of rotatable bonds is 8. The van der Waals surface area contributed by atoms with Gasteiger partial charge in [0.15, 0.2) is 0 Å². The van der Waals surface area contributed by atoms with Crippen molar-refractivity contribution < 1.29 is 0 Å². The quantitative estimate of drug-likeness (QED) is 0.770. The maximum atomic E-state index is 4.18. The predicted molar refractivity (Wildman–Crippen MR) is 87.6 cm³/mol. The van der Waals surface area contributed by atoms with Gasteiger partial charge in [0.25, 0.3) is 0 Å². The van der Waals surface area contributed by atoms with Crippen LogP contribution in [-0.4, -0.2) is 21.2 Å². The number of nitrogens with one attached hydrogen (secondary N) is 2. The molecule has 0 aliphatic heterocycles. The van der Waals surface area contributed by atoms with Crippen molar-refractivity contribution in [2.24, 2.45) is 0 Å². The SMILES string of the molecule is C=C(NC(CCC)CCC)c1[nH]ncc1-c1cccnc1. The summed E-state index contributed by atoms with van der Waals surface area (Å²) in [6, 6.07) is 4.43. The van der Waals surface area contributed by atoms with Crippen LogP contribution in [-0.2, 0) is 0 Å². The van der Waals surface area contributed by atoms with Gasteiger partial charge in [0, 0.05) is 29.6 Å². The molecule has 0 spiro atoms. The molecule has 0 saturated heterocycles. The molecule has 0 saturated carbocycles. The molecule has 0 fully saturated rings. The fourth-order valence-electron chi connectivity index (χ4n) is 2.56. The molecule has 2 N–H and O–H groups in total. The Labute approximate surface area is 126 Å². The molecule has 0 bridgehead atoms. The maximum Gasteiger partial charge on any atom is 0.0882 e. The van der Waals surface area contributed by atoms with Crippen LogP contribution in [0.5, 0.6) is 0 Å². The van der Waals surface area contributed by atoms with Gasteiger partial charge in [-0.2, -0.15) is 5.10 Å². The highest BCUT2D eigenvalue weighted by molar-refractivity contribution is 5.76. The van der Waals surface area contributed by atoms with Gasteiger partial charge >= 0.3 is 0 Å². The van der Waals surface area contributed by atoms with Gasteiger partial charge in [-0.3, -0.25) is 10.1 Å². The Morgan fingerprint density at radius 1 is 1.29 bits per heavy atom. The number of hydrogen-bond donors (Lipinski definition) is 2. The van der Waals surface area contributed by atoms with E-state index >= 15 is 0 Å². The lowest BCUT2D eigenvalue weighted by atomic mass is 10.0. The Kier molecular flexibility index (Phi) is 5.55. The van der Waals surface area contributed by atoms with Crippen LogP contribution in [0.2, 0.25) is 0 Å². The van der Waals surface area contributed by atoms with E-state index in [0.29, 0.717) is 6.04 Å². The second-order valence-corrected chi connectivity index (χ2v) is 5.30. The van der Waals surface area contributed by atoms with Gasteiger partial charge in [-0.15, -0.1) is 0 Å². The lowest BCUT2D eigenvalue weighted by Crippen LogP contribution is -2.27. The number of pyridine rings is 1. The summed E-state index contributed by atoms with van der Waals surface area (Å²) in [4.78, 5) is 4.17. The maximum absolute atomic E-state index is 4.18. The van der Waals surface area contributed by atoms with E-state index in [1.807, 2.05) is 24.5 Å². The van der Waals surface area contributed by atoms with E-state index in [1.165, 1.54) is 12.8 Å². The average molecular weight is 284 g/mol. The molecule has 21 heavy (non-hydrogen) atoms. The molecule has 2 rings (SSSR count). The highest BCUT2D eigenvalue weighted by Crippen LogP contribution is 2.25. The van der Waals surface area contributed by atoms with Crippen LogP contribution >= 0.6 is 0 Å². The van der Waals surface area contributed by atoms with E-state index in [0.717, 1.165) is 35.4 Å². The minimum absolute atomic E-state index is 0.470. The van der Waals surface area contributed by atoms with Gasteiger partial charge < -0.3 is 5.32 Å². The van der Waals surface area contributed by atoms with Crippen molar-refractivity contribution in [3.8, 4) is 11.1 Å². The van der Waals surface area contributed by atoms with E-state index < -0.39 is 0 Å². The Morgan fingerprint density at radius 2 is 2.05 bits per heavy atom. The highest BCUT2D eigenvalue weighted by atomic mass is 15.1. The minimum Gasteiger partial charge on any atom is -0.381 e. The molecule has 0 amide bonds. The molecule has 2 heterocycles. The van der Waals surface area contributed by atoms with Crippen LogP contribution in [0.3, 0.4) is 0 Å². The smallest absolute Gasteiger partial charge is 0.0882 e. The molecule has 0 aliphatic rings. The Bertz CT molecular complexity index is 553. The first-order chi connectivity index (χ1) is 10.3. The third kappa shape index (κ3) is 3.94. The van der Waals surface area contributed by atoms with Gasteiger partial charge in [-0.1, -0.05) is 39.3 Å². The first kappa shape index (κ1) is 15.3. The summed E-state index contributed by atoms with van der Waals surface area (Å²) in [5, 5.41) is 10.8. The van der Waals surface area contributed by atoms with Gasteiger partial charge in [0.05, 0.1) is 17.6 Å². The highest BCUT2D eigenvalue weighted by Gasteiger charge is 2.14. The van der Waals surface area contributed by atoms with E-state index in [4.69, 9.17) is 0 Å². The van der Waals surface area contributed by atoms with Crippen molar-refractivity contribution in [3.63, 3.8) is 0 Å². The molecule has 2 aromatic heterocycles. The fraction of sp³-hybridized carbons (Fsp3) is 0.412. The molecule has 0 unspecified atom stereocenters. The summed E-state index contributed by atoms with van der Waals surface area (Å²) in [5.74, 6) is 0. The first-order valence-electron chi connectivity index (χ1n) is 7.65. The van der Waals surface area contributed by atoms with Crippen molar-refractivity contribution in [2.45, 2.75) is 45.6 Å². The standard InChI is InChI=1S/C17H24N4/c1-4-7-15(8-5-2)20-13(3)17-16(12-19-21-17)14-9-6-10-18-11-14/h6,9-12,15,20H,3-5,7-8H2,1-2H3,(H,19,21). The first-order valence-corrected chi connectivity index (χ1v) is 7.65. The Balaban J connectivity index is 2.15. The molecule has 0 aromatic carbocycles. The number of hydrogen-bond acceptors (Lipinski definition) is 3. The van der Waals surface area contributed by atoms with Crippen molar-refractivity contribution in [1.82, 2.24) is 20.5 Å². The summed E-state index contributed by atoms with van der Waals surface area (Å²) >= 11 is 0. The van der Waals surface area contributed by atoms with Crippen molar-refractivity contribution in [1.29, 1.82) is 0 Å². The molecular weight excluding hydrogens is 260 g/mol. The van der Waals surface area contributed by atoms with Crippen LogP contribution in [0.25, 0.3) is 16.8 Å². The molecule has 112 valence electrons. The van der Waals surface area contributed by atoms with Crippen molar-refractivity contribution in [2.75, 3.05) is 0 Å². The van der Waals surface area contributed by atoms with E-state index in [2.05, 4.69) is 40.9 Å².